The van der Waals surface area contributed by atoms with Crippen LogP contribution in [0.25, 0.3) is 0 Å². The van der Waals surface area contributed by atoms with Crippen molar-refractivity contribution in [2.75, 3.05) is 13.1 Å². The third kappa shape index (κ3) is 3.18. The molecule has 2 unspecified atom stereocenters. The largest absolute Gasteiger partial charge is 0.391 e. The standard InChI is InChI=1S/C16H21FN2O2/c17-12-7-6-11-3-1-5-15(14(11)9-12)18-16(21)19-8-2-4-13(20)10-19/h6-7,9,13,15,20H,1-5,8,10H2,(H,18,21). The Labute approximate surface area is 124 Å². The summed E-state index contributed by atoms with van der Waals surface area (Å²) in [5.74, 6) is -0.261. The molecular formula is C16H21FN2O2. The van der Waals surface area contributed by atoms with E-state index in [4.69, 9.17) is 0 Å². The molecule has 0 saturated carbocycles. The zero-order valence-electron chi connectivity index (χ0n) is 12.0. The van der Waals surface area contributed by atoms with E-state index in [1.165, 1.54) is 12.1 Å². The van der Waals surface area contributed by atoms with E-state index >= 15 is 0 Å². The predicted octanol–water partition coefficient (Wildman–Crippen LogP) is 2.37. The molecule has 21 heavy (non-hydrogen) atoms. The Balaban J connectivity index is 1.71. The van der Waals surface area contributed by atoms with Gasteiger partial charge in [-0.05, 0) is 55.4 Å². The molecule has 1 heterocycles. The number of urea groups is 1. The van der Waals surface area contributed by atoms with Gasteiger partial charge in [-0.3, -0.25) is 0 Å². The summed E-state index contributed by atoms with van der Waals surface area (Å²) >= 11 is 0. The molecule has 0 bridgehead atoms. The first-order valence-corrected chi connectivity index (χ1v) is 7.65. The average molecular weight is 292 g/mol. The molecule has 2 N–H and O–H groups in total. The van der Waals surface area contributed by atoms with Gasteiger partial charge in [-0.2, -0.15) is 0 Å². The first-order chi connectivity index (χ1) is 10.1. The highest BCUT2D eigenvalue weighted by Gasteiger charge is 2.27. The molecule has 1 saturated heterocycles. The van der Waals surface area contributed by atoms with E-state index in [9.17, 15) is 14.3 Å². The van der Waals surface area contributed by atoms with Crippen molar-refractivity contribution in [3.8, 4) is 0 Å². The minimum absolute atomic E-state index is 0.129. The molecule has 3 rings (SSSR count). The number of piperidine rings is 1. The molecule has 5 heteroatoms. The second-order valence-electron chi connectivity index (χ2n) is 5.98. The number of benzene rings is 1. The molecule has 0 spiro atoms. The van der Waals surface area contributed by atoms with Crippen LogP contribution in [-0.4, -0.2) is 35.2 Å². The predicted molar refractivity (Wildman–Crippen MR) is 77.4 cm³/mol. The number of nitrogens with zero attached hydrogens (tertiary/aromatic N) is 1. The van der Waals surface area contributed by atoms with Crippen molar-refractivity contribution >= 4 is 6.03 Å². The lowest BCUT2D eigenvalue weighted by atomic mass is 9.87. The van der Waals surface area contributed by atoms with Crippen LogP contribution in [0.5, 0.6) is 0 Å². The Morgan fingerprint density at radius 3 is 3.00 bits per heavy atom. The number of fused-ring (bicyclic) bond motifs is 1. The molecule has 2 atom stereocenters. The van der Waals surface area contributed by atoms with Crippen LogP contribution in [0.3, 0.4) is 0 Å². The molecule has 1 aromatic carbocycles. The Hall–Kier alpha value is -1.62. The summed E-state index contributed by atoms with van der Waals surface area (Å²) in [6, 6.07) is 4.54. The second-order valence-corrected chi connectivity index (χ2v) is 5.98. The Bertz CT molecular complexity index is 535. The Morgan fingerprint density at radius 2 is 2.19 bits per heavy atom. The number of amides is 2. The van der Waals surface area contributed by atoms with Crippen LogP contribution in [0, 0.1) is 5.82 Å². The van der Waals surface area contributed by atoms with E-state index in [-0.39, 0.29) is 17.9 Å². The third-order valence-electron chi connectivity index (χ3n) is 4.40. The first kappa shape index (κ1) is 14.3. The molecule has 114 valence electrons. The number of rotatable bonds is 1. The smallest absolute Gasteiger partial charge is 0.317 e. The van der Waals surface area contributed by atoms with E-state index in [2.05, 4.69) is 5.32 Å². The molecule has 2 aliphatic rings. The molecule has 0 radical (unpaired) electrons. The number of halogens is 1. The van der Waals surface area contributed by atoms with Crippen molar-refractivity contribution in [2.45, 2.75) is 44.2 Å². The lowest BCUT2D eigenvalue weighted by molar-refractivity contribution is 0.0830. The number of β-amino-alcohol motifs (C(OH)–C–C–N with tert-alkyl or cyclic N) is 1. The lowest BCUT2D eigenvalue weighted by Gasteiger charge is -2.33. The summed E-state index contributed by atoms with van der Waals surface area (Å²) < 4.78 is 13.5. The summed E-state index contributed by atoms with van der Waals surface area (Å²) in [4.78, 5) is 14.0. The summed E-state index contributed by atoms with van der Waals surface area (Å²) in [5.41, 5.74) is 2.01. The van der Waals surface area contributed by atoms with Crippen LogP contribution in [0.2, 0.25) is 0 Å². The zero-order chi connectivity index (χ0) is 14.8. The quantitative estimate of drug-likeness (QED) is 0.835. The van der Waals surface area contributed by atoms with E-state index in [0.29, 0.717) is 13.1 Å². The van der Waals surface area contributed by atoms with Crippen molar-refractivity contribution in [1.82, 2.24) is 10.2 Å². The zero-order valence-corrected chi connectivity index (χ0v) is 12.0. The van der Waals surface area contributed by atoms with E-state index in [1.54, 1.807) is 4.90 Å². The first-order valence-electron chi connectivity index (χ1n) is 7.65. The molecule has 0 aromatic heterocycles. The number of nitrogens with one attached hydrogen (secondary N) is 1. The lowest BCUT2D eigenvalue weighted by Crippen LogP contribution is -2.48. The van der Waals surface area contributed by atoms with E-state index in [1.807, 2.05) is 6.07 Å². The number of hydrogen-bond donors (Lipinski definition) is 2. The molecule has 1 aliphatic heterocycles. The molecule has 1 fully saturated rings. The summed E-state index contributed by atoms with van der Waals surface area (Å²) in [7, 11) is 0. The molecule has 4 nitrogen and oxygen atoms in total. The maximum Gasteiger partial charge on any atom is 0.317 e. The van der Waals surface area contributed by atoms with Crippen molar-refractivity contribution < 1.29 is 14.3 Å². The molecule has 2 amide bonds. The van der Waals surface area contributed by atoms with Crippen LogP contribution in [-0.2, 0) is 6.42 Å². The van der Waals surface area contributed by atoms with Crippen molar-refractivity contribution in [3.63, 3.8) is 0 Å². The average Bonchev–Trinajstić information content (AvgIpc) is 2.48. The van der Waals surface area contributed by atoms with Gasteiger partial charge >= 0.3 is 6.03 Å². The van der Waals surface area contributed by atoms with E-state index < -0.39 is 6.10 Å². The maximum atomic E-state index is 13.5. The van der Waals surface area contributed by atoms with Gasteiger partial charge in [-0.1, -0.05) is 6.07 Å². The van der Waals surface area contributed by atoms with Gasteiger partial charge in [-0.15, -0.1) is 0 Å². The molecule has 1 aromatic rings. The van der Waals surface area contributed by atoms with Crippen molar-refractivity contribution in [3.05, 3.63) is 35.1 Å². The van der Waals surface area contributed by atoms with Crippen molar-refractivity contribution in [1.29, 1.82) is 0 Å². The van der Waals surface area contributed by atoms with Crippen LogP contribution in [0.4, 0.5) is 9.18 Å². The minimum atomic E-state index is -0.430. The highest BCUT2D eigenvalue weighted by molar-refractivity contribution is 5.75. The number of aliphatic hydroxyl groups is 1. The topological polar surface area (TPSA) is 52.6 Å². The second kappa shape index (κ2) is 6.02. The number of aliphatic hydroxyl groups excluding tert-OH is 1. The SMILES string of the molecule is O=C(NC1CCCc2ccc(F)cc21)N1CCCC(O)C1. The van der Waals surface area contributed by atoms with Gasteiger partial charge in [0, 0.05) is 13.1 Å². The van der Waals surface area contributed by atoms with Gasteiger partial charge in [0.2, 0.25) is 0 Å². The van der Waals surface area contributed by atoms with Gasteiger partial charge in [0.25, 0.3) is 0 Å². The normalized spacial score (nSPS) is 25.3. The molecule has 1 aliphatic carbocycles. The van der Waals surface area contributed by atoms with Gasteiger partial charge < -0.3 is 15.3 Å². The highest BCUT2D eigenvalue weighted by atomic mass is 19.1. The van der Waals surface area contributed by atoms with Gasteiger partial charge in [0.15, 0.2) is 0 Å². The minimum Gasteiger partial charge on any atom is -0.391 e. The summed E-state index contributed by atoms with van der Waals surface area (Å²) in [5, 5.41) is 12.7. The summed E-state index contributed by atoms with van der Waals surface area (Å²) in [6.07, 6.45) is 3.90. The fourth-order valence-corrected chi connectivity index (χ4v) is 3.30. The van der Waals surface area contributed by atoms with Gasteiger partial charge in [-0.25, -0.2) is 9.18 Å². The van der Waals surface area contributed by atoms with Crippen LogP contribution >= 0.6 is 0 Å². The number of carbonyl (C=O) groups is 1. The fraction of sp³-hybridized carbons (Fsp3) is 0.562. The third-order valence-corrected chi connectivity index (χ3v) is 4.40. The van der Waals surface area contributed by atoms with Crippen LogP contribution in [0.1, 0.15) is 42.9 Å². The number of carbonyl (C=O) groups excluding carboxylic acids is 1. The van der Waals surface area contributed by atoms with E-state index in [0.717, 1.165) is 43.2 Å². The molecular weight excluding hydrogens is 271 g/mol. The fourth-order valence-electron chi connectivity index (χ4n) is 3.30. The Morgan fingerprint density at radius 1 is 1.33 bits per heavy atom. The monoisotopic (exact) mass is 292 g/mol. The summed E-state index contributed by atoms with van der Waals surface area (Å²) in [6.45, 7) is 1.06. The maximum absolute atomic E-state index is 13.5. The number of likely N-dealkylation sites (tertiary alicyclic amines) is 1. The van der Waals surface area contributed by atoms with Crippen molar-refractivity contribution in [2.24, 2.45) is 0 Å². The van der Waals surface area contributed by atoms with Crippen LogP contribution in [0.15, 0.2) is 18.2 Å². The van der Waals surface area contributed by atoms with Crippen LogP contribution < -0.4 is 5.32 Å². The van der Waals surface area contributed by atoms with Gasteiger partial charge in [0.1, 0.15) is 5.82 Å². The Kier molecular flexibility index (Phi) is 4.10. The highest BCUT2D eigenvalue weighted by Crippen LogP contribution is 2.30. The van der Waals surface area contributed by atoms with Gasteiger partial charge in [0.05, 0.1) is 12.1 Å². The number of aryl methyl sites for hydroxylation is 1. The number of hydrogen-bond acceptors (Lipinski definition) is 2.